The molecule has 0 aromatic heterocycles. The summed E-state index contributed by atoms with van der Waals surface area (Å²) in [6, 6.07) is 14.1. The van der Waals surface area contributed by atoms with Crippen molar-refractivity contribution in [1.29, 1.82) is 0 Å². The van der Waals surface area contributed by atoms with Crippen molar-refractivity contribution in [2.75, 3.05) is 0 Å². The molecule has 16 heavy (non-hydrogen) atoms. The molecule has 2 aromatic rings. The highest BCUT2D eigenvalue weighted by atomic mass is 79.9. The Balaban J connectivity index is 2.18. The summed E-state index contributed by atoms with van der Waals surface area (Å²) in [5.74, 6) is 1.78. The van der Waals surface area contributed by atoms with Crippen LogP contribution in [-0.2, 0) is 0 Å². The molecule has 3 rings (SSSR count). The quantitative estimate of drug-likeness (QED) is 0.575. The summed E-state index contributed by atoms with van der Waals surface area (Å²) in [4.78, 5) is 0. The minimum Gasteiger partial charge on any atom is -0.456 e. The van der Waals surface area contributed by atoms with Crippen LogP contribution < -0.4 is 4.74 Å². The van der Waals surface area contributed by atoms with Gasteiger partial charge in [-0.2, -0.15) is 0 Å². The van der Waals surface area contributed by atoms with Crippen molar-refractivity contribution >= 4 is 28.1 Å². The van der Waals surface area contributed by atoms with Gasteiger partial charge in [-0.05, 0) is 18.2 Å². The highest BCUT2D eigenvalue weighted by Gasteiger charge is 2.09. The van der Waals surface area contributed by atoms with Gasteiger partial charge < -0.3 is 4.74 Å². The summed E-state index contributed by atoms with van der Waals surface area (Å²) >= 11 is 3.45. The molecular weight excluding hydrogens is 264 g/mol. The molecule has 0 atom stereocenters. The van der Waals surface area contributed by atoms with Crippen LogP contribution in [0.2, 0.25) is 0 Å². The van der Waals surface area contributed by atoms with Crippen LogP contribution in [0.1, 0.15) is 11.1 Å². The Hall–Kier alpha value is -1.54. The molecule has 78 valence electrons. The highest BCUT2D eigenvalue weighted by molar-refractivity contribution is 9.10. The molecule has 0 aliphatic carbocycles. The van der Waals surface area contributed by atoms with Gasteiger partial charge in [-0.3, -0.25) is 0 Å². The van der Waals surface area contributed by atoms with Crippen LogP contribution in [-0.4, -0.2) is 0 Å². The van der Waals surface area contributed by atoms with Crippen LogP contribution in [0.3, 0.4) is 0 Å². The predicted molar refractivity (Wildman–Crippen MR) is 69.6 cm³/mol. The van der Waals surface area contributed by atoms with E-state index in [1.807, 2.05) is 42.5 Å². The molecule has 0 saturated carbocycles. The standard InChI is InChI=1S/C14H9BrO/c15-12-8-7-11-6-5-10-3-1-2-4-13(10)16-14(11)9-12/h1-9H. The van der Waals surface area contributed by atoms with Gasteiger partial charge in [0.05, 0.1) is 0 Å². The van der Waals surface area contributed by atoms with Crippen LogP contribution in [0, 0.1) is 0 Å². The molecule has 1 nitrogen and oxygen atoms in total. The Morgan fingerprint density at radius 2 is 1.56 bits per heavy atom. The summed E-state index contributed by atoms with van der Waals surface area (Å²) in [5, 5.41) is 0. The molecule has 1 aliphatic rings. The van der Waals surface area contributed by atoms with Crippen molar-refractivity contribution in [1.82, 2.24) is 0 Å². The van der Waals surface area contributed by atoms with Crippen molar-refractivity contribution in [3.8, 4) is 11.5 Å². The third-order valence-electron chi connectivity index (χ3n) is 2.56. The molecule has 1 aliphatic heterocycles. The molecule has 0 amide bonds. The van der Waals surface area contributed by atoms with Crippen molar-refractivity contribution in [2.24, 2.45) is 0 Å². The fourth-order valence-electron chi connectivity index (χ4n) is 1.74. The van der Waals surface area contributed by atoms with E-state index in [-0.39, 0.29) is 0 Å². The SMILES string of the molecule is Brc1ccc2c(c1)Oc1ccccc1C=C2. The molecule has 0 saturated heterocycles. The Kier molecular flexibility index (Phi) is 2.29. The lowest BCUT2D eigenvalue weighted by Crippen LogP contribution is -1.87. The predicted octanol–water partition coefficient (Wildman–Crippen LogP) is 4.73. The summed E-state index contributed by atoms with van der Waals surface area (Å²) in [5.41, 5.74) is 2.20. The lowest BCUT2D eigenvalue weighted by atomic mass is 10.1. The third-order valence-corrected chi connectivity index (χ3v) is 3.05. The molecule has 0 fully saturated rings. The molecule has 0 spiro atoms. The first-order valence-electron chi connectivity index (χ1n) is 5.07. The molecular formula is C14H9BrO. The van der Waals surface area contributed by atoms with E-state index in [2.05, 4.69) is 28.1 Å². The van der Waals surface area contributed by atoms with E-state index in [9.17, 15) is 0 Å². The Morgan fingerprint density at radius 1 is 0.812 bits per heavy atom. The fourth-order valence-corrected chi connectivity index (χ4v) is 2.08. The molecule has 0 radical (unpaired) electrons. The van der Waals surface area contributed by atoms with Crippen LogP contribution in [0.4, 0.5) is 0 Å². The van der Waals surface area contributed by atoms with E-state index >= 15 is 0 Å². The number of ether oxygens (including phenoxy) is 1. The first-order chi connectivity index (χ1) is 7.83. The Morgan fingerprint density at radius 3 is 2.44 bits per heavy atom. The normalized spacial score (nSPS) is 12.3. The van der Waals surface area contributed by atoms with E-state index in [1.54, 1.807) is 0 Å². The number of para-hydroxylation sites is 1. The second-order valence-corrected chi connectivity index (χ2v) is 4.57. The maximum Gasteiger partial charge on any atom is 0.135 e. The summed E-state index contributed by atoms with van der Waals surface area (Å²) in [7, 11) is 0. The topological polar surface area (TPSA) is 9.23 Å². The van der Waals surface area contributed by atoms with Crippen molar-refractivity contribution in [3.05, 3.63) is 58.1 Å². The lowest BCUT2D eigenvalue weighted by Gasteiger charge is -2.08. The number of rotatable bonds is 0. The summed E-state index contributed by atoms with van der Waals surface area (Å²) < 4.78 is 6.92. The molecule has 0 bridgehead atoms. The van der Waals surface area contributed by atoms with Crippen LogP contribution in [0.15, 0.2) is 46.9 Å². The Labute approximate surface area is 103 Å². The van der Waals surface area contributed by atoms with Gasteiger partial charge in [0.2, 0.25) is 0 Å². The number of hydrogen-bond acceptors (Lipinski definition) is 1. The minimum absolute atomic E-state index is 0.885. The number of fused-ring (bicyclic) bond motifs is 2. The van der Waals surface area contributed by atoms with Gasteiger partial charge >= 0.3 is 0 Å². The van der Waals surface area contributed by atoms with Crippen LogP contribution >= 0.6 is 15.9 Å². The molecule has 0 N–H and O–H groups in total. The average molecular weight is 273 g/mol. The summed E-state index contributed by atoms with van der Waals surface area (Å²) in [6.07, 6.45) is 4.16. The average Bonchev–Trinajstić information content (AvgIpc) is 2.47. The maximum absolute atomic E-state index is 5.89. The van der Waals surface area contributed by atoms with Gasteiger partial charge in [0, 0.05) is 15.6 Å². The van der Waals surface area contributed by atoms with Gasteiger partial charge in [0.1, 0.15) is 11.5 Å². The Bertz CT molecular complexity index is 573. The van der Waals surface area contributed by atoms with Gasteiger partial charge in [-0.25, -0.2) is 0 Å². The van der Waals surface area contributed by atoms with Gasteiger partial charge in [-0.15, -0.1) is 0 Å². The number of halogens is 1. The molecule has 0 unspecified atom stereocenters. The highest BCUT2D eigenvalue weighted by Crippen LogP contribution is 2.35. The van der Waals surface area contributed by atoms with Gasteiger partial charge in [0.25, 0.3) is 0 Å². The van der Waals surface area contributed by atoms with E-state index in [4.69, 9.17) is 4.74 Å². The van der Waals surface area contributed by atoms with E-state index in [0.717, 1.165) is 27.1 Å². The minimum atomic E-state index is 0.885. The van der Waals surface area contributed by atoms with Gasteiger partial charge in [-0.1, -0.05) is 52.3 Å². The van der Waals surface area contributed by atoms with Gasteiger partial charge in [0.15, 0.2) is 0 Å². The maximum atomic E-state index is 5.89. The third kappa shape index (κ3) is 1.65. The second-order valence-electron chi connectivity index (χ2n) is 3.66. The van der Waals surface area contributed by atoms with Crippen LogP contribution in [0.25, 0.3) is 12.2 Å². The number of benzene rings is 2. The van der Waals surface area contributed by atoms with Crippen molar-refractivity contribution < 1.29 is 4.74 Å². The fraction of sp³-hybridized carbons (Fsp3) is 0. The first-order valence-corrected chi connectivity index (χ1v) is 5.87. The largest absolute Gasteiger partial charge is 0.456 e. The molecule has 2 aromatic carbocycles. The smallest absolute Gasteiger partial charge is 0.135 e. The van der Waals surface area contributed by atoms with E-state index in [1.165, 1.54) is 0 Å². The van der Waals surface area contributed by atoms with Crippen molar-refractivity contribution in [2.45, 2.75) is 0 Å². The lowest BCUT2D eigenvalue weighted by molar-refractivity contribution is 0.481. The molecule has 2 heteroatoms. The first kappa shape index (κ1) is 9.67. The summed E-state index contributed by atoms with van der Waals surface area (Å²) in [6.45, 7) is 0. The molecule has 1 heterocycles. The van der Waals surface area contributed by atoms with E-state index < -0.39 is 0 Å². The van der Waals surface area contributed by atoms with Crippen molar-refractivity contribution in [3.63, 3.8) is 0 Å². The van der Waals surface area contributed by atoms with E-state index in [0.29, 0.717) is 0 Å². The van der Waals surface area contributed by atoms with Crippen LogP contribution in [0.5, 0.6) is 11.5 Å². The zero-order valence-corrected chi connectivity index (χ0v) is 10.1. The zero-order valence-electron chi connectivity index (χ0n) is 8.48. The zero-order chi connectivity index (χ0) is 11.0. The second kappa shape index (κ2) is 3.80. The monoisotopic (exact) mass is 272 g/mol. The number of hydrogen-bond donors (Lipinski definition) is 0.